The van der Waals surface area contributed by atoms with E-state index in [0.717, 1.165) is 34.5 Å². The molecule has 0 radical (unpaired) electrons. The van der Waals surface area contributed by atoms with E-state index in [2.05, 4.69) is 4.98 Å². The number of fused-ring (bicyclic) bond motifs is 1. The second-order valence-corrected chi connectivity index (χ2v) is 7.31. The largest absolute Gasteiger partial charge is 0.466 e. The van der Waals surface area contributed by atoms with Crippen LogP contribution in [0.4, 0.5) is 0 Å². The summed E-state index contributed by atoms with van der Waals surface area (Å²) in [5.74, 6) is -0.246. The lowest BCUT2D eigenvalue weighted by molar-refractivity contribution is -0.144. The zero-order valence-corrected chi connectivity index (χ0v) is 14.9. The average Bonchev–Trinajstić information content (AvgIpc) is 2.94. The number of nitrogens with zero attached hydrogens (tertiary/aromatic N) is 2. The number of aromatic nitrogens is 1. The lowest BCUT2D eigenvalue weighted by Crippen LogP contribution is -2.45. The van der Waals surface area contributed by atoms with Crippen molar-refractivity contribution in [2.75, 3.05) is 13.2 Å². The summed E-state index contributed by atoms with van der Waals surface area (Å²) in [5.41, 5.74) is 1.51. The lowest BCUT2D eigenvalue weighted by atomic mass is 9.98. The highest BCUT2D eigenvalue weighted by atomic mass is 32.1. The Balaban J connectivity index is 1.80. The fraction of sp³-hybridized carbons (Fsp3) is 0.500. The van der Waals surface area contributed by atoms with E-state index in [1.807, 2.05) is 30.0 Å². The number of hydrogen-bond acceptors (Lipinski definition) is 5. The fourth-order valence-corrected chi connectivity index (χ4v) is 4.04. The monoisotopic (exact) mass is 346 g/mol. The van der Waals surface area contributed by atoms with Crippen molar-refractivity contribution in [3.8, 4) is 0 Å². The molecule has 6 heteroatoms. The minimum atomic E-state index is -0.229. The predicted molar refractivity (Wildman–Crippen MR) is 94.3 cm³/mol. The molecule has 1 aromatic heterocycles. The highest BCUT2D eigenvalue weighted by Crippen LogP contribution is 2.26. The van der Waals surface area contributed by atoms with Gasteiger partial charge in [-0.25, -0.2) is 4.98 Å². The van der Waals surface area contributed by atoms with Crippen LogP contribution in [0.1, 0.15) is 48.0 Å². The number of esters is 1. The maximum atomic E-state index is 12.9. The highest BCUT2D eigenvalue weighted by Gasteiger charge is 2.29. The Morgan fingerprint density at radius 2 is 2.21 bits per heavy atom. The summed E-state index contributed by atoms with van der Waals surface area (Å²) in [4.78, 5) is 31.1. The number of carbonyl (C=O) groups excluding carboxylic acids is 2. The quantitative estimate of drug-likeness (QED) is 0.794. The Morgan fingerprint density at radius 1 is 1.38 bits per heavy atom. The molecular formula is C18H22N2O3S. The van der Waals surface area contributed by atoms with Gasteiger partial charge in [0.1, 0.15) is 0 Å². The number of likely N-dealkylation sites (tertiary alicyclic amines) is 1. The number of rotatable bonds is 4. The van der Waals surface area contributed by atoms with Gasteiger partial charge in [-0.15, -0.1) is 11.3 Å². The van der Waals surface area contributed by atoms with Crippen LogP contribution in [-0.4, -0.2) is 41.0 Å². The molecule has 1 aromatic carbocycles. The Morgan fingerprint density at radius 3 is 3.00 bits per heavy atom. The van der Waals surface area contributed by atoms with Crippen molar-refractivity contribution in [1.82, 2.24) is 9.88 Å². The van der Waals surface area contributed by atoms with Crippen molar-refractivity contribution >= 4 is 33.4 Å². The summed E-state index contributed by atoms with van der Waals surface area (Å²) in [6.45, 7) is 4.83. The van der Waals surface area contributed by atoms with Gasteiger partial charge in [0, 0.05) is 18.2 Å². The van der Waals surface area contributed by atoms with Crippen LogP contribution in [-0.2, 0) is 9.53 Å². The van der Waals surface area contributed by atoms with Crippen LogP contribution in [0.15, 0.2) is 18.2 Å². The average molecular weight is 346 g/mol. The van der Waals surface area contributed by atoms with Crippen molar-refractivity contribution in [3.63, 3.8) is 0 Å². The molecule has 1 atom stereocenters. The maximum absolute atomic E-state index is 12.9. The lowest BCUT2D eigenvalue weighted by Gasteiger charge is -2.35. The van der Waals surface area contributed by atoms with Crippen LogP contribution < -0.4 is 0 Å². The number of hydrogen-bond donors (Lipinski definition) is 0. The van der Waals surface area contributed by atoms with E-state index in [-0.39, 0.29) is 24.3 Å². The van der Waals surface area contributed by atoms with Gasteiger partial charge < -0.3 is 9.64 Å². The normalized spacial score (nSPS) is 17.9. The maximum Gasteiger partial charge on any atom is 0.307 e. The fourth-order valence-electron chi connectivity index (χ4n) is 3.23. The van der Waals surface area contributed by atoms with Gasteiger partial charge in [-0.2, -0.15) is 0 Å². The van der Waals surface area contributed by atoms with Crippen molar-refractivity contribution in [2.45, 2.75) is 45.6 Å². The molecule has 24 heavy (non-hydrogen) atoms. The number of aryl methyl sites for hydroxylation is 1. The molecule has 1 amide bonds. The van der Waals surface area contributed by atoms with E-state index in [9.17, 15) is 9.59 Å². The Bertz CT molecular complexity index is 756. The first-order valence-electron chi connectivity index (χ1n) is 8.42. The molecule has 0 saturated carbocycles. The Hall–Kier alpha value is -1.95. The predicted octanol–water partition coefficient (Wildman–Crippen LogP) is 3.55. The zero-order chi connectivity index (χ0) is 17.1. The first-order chi connectivity index (χ1) is 11.6. The van der Waals surface area contributed by atoms with Crippen LogP contribution in [0.25, 0.3) is 10.2 Å². The number of piperidine rings is 1. The minimum absolute atomic E-state index is 0.0171. The van der Waals surface area contributed by atoms with Crippen LogP contribution in [0.3, 0.4) is 0 Å². The molecule has 5 nitrogen and oxygen atoms in total. The van der Waals surface area contributed by atoms with E-state index in [1.54, 1.807) is 18.3 Å². The van der Waals surface area contributed by atoms with Gasteiger partial charge in [-0.1, -0.05) is 0 Å². The van der Waals surface area contributed by atoms with Crippen molar-refractivity contribution in [3.05, 3.63) is 28.8 Å². The molecule has 0 bridgehead atoms. The number of amides is 1. The number of thiazole rings is 1. The van der Waals surface area contributed by atoms with Gasteiger partial charge in [-0.05, 0) is 51.3 Å². The van der Waals surface area contributed by atoms with Crippen LogP contribution in [0.2, 0.25) is 0 Å². The summed E-state index contributed by atoms with van der Waals surface area (Å²) >= 11 is 1.63. The van der Waals surface area contributed by atoms with Crippen molar-refractivity contribution < 1.29 is 14.3 Å². The molecule has 0 spiro atoms. The summed E-state index contributed by atoms with van der Waals surface area (Å²) in [6, 6.07) is 5.60. The molecule has 2 aromatic rings. The van der Waals surface area contributed by atoms with Gasteiger partial charge in [-0.3, -0.25) is 9.59 Å². The van der Waals surface area contributed by atoms with Gasteiger partial charge >= 0.3 is 5.97 Å². The van der Waals surface area contributed by atoms with E-state index < -0.39 is 0 Å². The zero-order valence-electron chi connectivity index (χ0n) is 14.1. The smallest absolute Gasteiger partial charge is 0.307 e. The summed E-state index contributed by atoms with van der Waals surface area (Å²) in [5, 5.41) is 0.993. The third-order valence-electron chi connectivity index (χ3n) is 4.34. The Kier molecular flexibility index (Phi) is 5.14. The summed E-state index contributed by atoms with van der Waals surface area (Å²) < 4.78 is 6.14. The second-order valence-electron chi connectivity index (χ2n) is 6.07. The van der Waals surface area contributed by atoms with Crippen LogP contribution in [0, 0.1) is 6.92 Å². The van der Waals surface area contributed by atoms with E-state index in [1.165, 1.54) is 0 Å². The van der Waals surface area contributed by atoms with Crippen molar-refractivity contribution in [1.29, 1.82) is 0 Å². The van der Waals surface area contributed by atoms with Crippen LogP contribution >= 0.6 is 11.3 Å². The third-order valence-corrected chi connectivity index (χ3v) is 5.29. The Labute approximate surface area is 145 Å². The summed E-state index contributed by atoms with van der Waals surface area (Å²) in [6.07, 6.45) is 3.14. The minimum Gasteiger partial charge on any atom is -0.466 e. The van der Waals surface area contributed by atoms with Crippen molar-refractivity contribution in [2.24, 2.45) is 0 Å². The summed E-state index contributed by atoms with van der Waals surface area (Å²) in [7, 11) is 0. The molecule has 1 fully saturated rings. The second kappa shape index (κ2) is 7.30. The number of ether oxygens (including phenoxy) is 1. The first kappa shape index (κ1) is 16.9. The molecule has 0 N–H and O–H groups in total. The topological polar surface area (TPSA) is 59.5 Å². The standard InChI is InChI=1S/C18H22N2O3S/c1-3-23-17(21)11-14-6-4-5-9-20(14)18(22)13-7-8-16-15(10-13)19-12(2)24-16/h7-8,10,14H,3-6,9,11H2,1-2H3/t14-/m0/s1. The highest BCUT2D eigenvalue weighted by molar-refractivity contribution is 7.18. The molecule has 1 aliphatic rings. The third kappa shape index (κ3) is 3.59. The molecule has 128 valence electrons. The molecule has 2 heterocycles. The van der Waals surface area contributed by atoms with Gasteiger partial charge in [0.05, 0.1) is 28.3 Å². The van der Waals surface area contributed by atoms with E-state index in [0.29, 0.717) is 18.7 Å². The van der Waals surface area contributed by atoms with Gasteiger partial charge in [0.2, 0.25) is 0 Å². The van der Waals surface area contributed by atoms with Crippen LogP contribution in [0.5, 0.6) is 0 Å². The molecule has 1 aliphatic heterocycles. The number of benzene rings is 1. The molecule has 0 aliphatic carbocycles. The van der Waals surface area contributed by atoms with E-state index in [4.69, 9.17) is 4.74 Å². The molecule has 0 unspecified atom stereocenters. The molecule has 3 rings (SSSR count). The van der Waals surface area contributed by atoms with Gasteiger partial charge in [0.25, 0.3) is 5.91 Å². The first-order valence-corrected chi connectivity index (χ1v) is 9.24. The molecule has 1 saturated heterocycles. The van der Waals surface area contributed by atoms with E-state index >= 15 is 0 Å². The number of carbonyl (C=O) groups is 2. The molecular weight excluding hydrogens is 324 g/mol. The SMILES string of the molecule is CCOC(=O)C[C@@H]1CCCCN1C(=O)c1ccc2sc(C)nc2c1. The van der Waals surface area contributed by atoms with Gasteiger partial charge in [0.15, 0.2) is 0 Å².